The predicted molar refractivity (Wildman–Crippen MR) is 128 cm³/mol. The van der Waals surface area contributed by atoms with Gasteiger partial charge in [-0.25, -0.2) is 13.2 Å². The Morgan fingerprint density at radius 1 is 1.23 bits per heavy atom. The number of sulfonamides is 1. The van der Waals surface area contributed by atoms with Crippen LogP contribution >= 0.6 is 0 Å². The van der Waals surface area contributed by atoms with Gasteiger partial charge in [0.05, 0.1) is 28.7 Å². The van der Waals surface area contributed by atoms with Gasteiger partial charge in [-0.15, -0.1) is 0 Å². The lowest BCUT2D eigenvalue weighted by Gasteiger charge is -2.32. The third kappa shape index (κ3) is 5.30. The van der Waals surface area contributed by atoms with E-state index in [1.54, 1.807) is 44.2 Å². The highest BCUT2D eigenvalue weighted by Gasteiger charge is 2.35. The highest BCUT2D eigenvalue weighted by atomic mass is 32.2. The van der Waals surface area contributed by atoms with E-state index in [4.69, 9.17) is 9.47 Å². The first-order valence-electron chi connectivity index (χ1n) is 11.3. The van der Waals surface area contributed by atoms with E-state index in [-0.39, 0.29) is 36.5 Å². The van der Waals surface area contributed by atoms with Crippen LogP contribution in [0.5, 0.6) is 5.75 Å². The molecule has 0 unspecified atom stereocenters. The van der Waals surface area contributed by atoms with Crippen LogP contribution in [-0.2, 0) is 24.3 Å². The quantitative estimate of drug-likeness (QED) is 0.582. The first-order chi connectivity index (χ1) is 16.7. The first kappa shape index (κ1) is 24.7. The van der Waals surface area contributed by atoms with E-state index >= 15 is 0 Å². The number of amides is 2. The lowest BCUT2D eigenvalue weighted by molar-refractivity contribution is -0.121. The van der Waals surface area contributed by atoms with Crippen molar-refractivity contribution in [3.8, 4) is 5.75 Å². The summed E-state index contributed by atoms with van der Waals surface area (Å²) in [6.45, 7) is 3.81. The molecule has 1 atom stereocenters. The Bertz CT molecular complexity index is 1260. The highest BCUT2D eigenvalue weighted by molar-refractivity contribution is 7.89. The van der Waals surface area contributed by atoms with Gasteiger partial charge in [0, 0.05) is 24.8 Å². The van der Waals surface area contributed by atoms with E-state index in [0.717, 1.165) is 0 Å². The van der Waals surface area contributed by atoms with Crippen molar-refractivity contribution in [3.05, 3.63) is 47.5 Å². The molecule has 2 amide bonds. The number of benzene rings is 2. The Hall–Kier alpha value is -3.44. The smallest absolute Gasteiger partial charge is 0.338 e. The molecule has 0 saturated carbocycles. The number of hydrogen-bond donors (Lipinski definition) is 2. The van der Waals surface area contributed by atoms with Crippen LogP contribution in [0.3, 0.4) is 0 Å². The Kier molecular flexibility index (Phi) is 7.08. The minimum absolute atomic E-state index is 0.0448. The Morgan fingerprint density at radius 2 is 1.97 bits per heavy atom. The average Bonchev–Trinajstić information content (AvgIpc) is 2.84. The van der Waals surface area contributed by atoms with E-state index in [9.17, 15) is 22.8 Å². The monoisotopic (exact) mass is 501 g/mol. The average molecular weight is 502 g/mol. The van der Waals surface area contributed by atoms with Gasteiger partial charge in [-0.3, -0.25) is 9.59 Å². The molecule has 2 aromatic rings. The topological polar surface area (TPSA) is 131 Å². The summed E-state index contributed by atoms with van der Waals surface area (Å²) in [7, 11) is -3.89. The van der Waals surface area contributed by atoms with Crippen molar-refractivity contribution in [2.45, 2.75) is 31.6 Å². The van der Waals surface area contributed by atoms with E-state index in [2.05, 4.69) is 10.6 Å². The van der Waals surface area contributed by atoms with Crippen LogP contribution in [0.2, 0.25) is 0 Å². The molecular formula is C24H27N3O7S. The molecule has 1 fully saturated rings. The zero-order valence-corrected chi connectivity index (χ0v) is 20.3. The third-order valence-corrected chi connectivity index (χ3v) is 7.95. The molecule has 2 aliphatic heterocycles. The number of anilines is 2. The van der Waals surface area contributed by atoms with Crippen LogP contribution in [-0.4, -0.2) is 56.8 Å². The third-order valence-electron chi connectivity index (χ3n) is 5.95. The van der Waals surface area contributed by atoms with Crippen molar-refractivity contribution < 1.29 is 32.3 Å². The number of rotatable bonds is 6. The van der Waals surface area contributed by atoms with Gasteiger partial charge in [0.25, 0.3) is 5.91 Å². The maximum atomic E-state index is 13.4. The minimum atomic E-state index is -3.89. The molecule has 0 aliphatic carbocycles. The van der Waals surface area contributed by atoms with E-state index < -0.39 is 21.9 Å². The molecule has 0 bridgehead atoms. The molecule has 2 heterocycles. The van der Waals surface area contributed by atoms with Gasteiger partial charge >= 0.3 is 5.97 Å². The van der Waals surface area contributed by atoms with Crippen molar-refractivity contribution >= 4 is 39.2 Å². The second-order valence-corrected chi connectivity index (χ2v) is 10.3. The lowest BCUT2D eigenvalue weighted by atomic mass is 9.98. The molecule has 186 valence electrons. The number of esters is 1. The largest absolute Gasteiger partial charge is 0.482 e. The molecular weight excluding hydrogens is 474 g/mol. The minimum Gasteiger partial charge on any atom is -0.482 e. The second kappa shape index (κ2) is 10.0. The van der Waals surface area contributed by atoms with Crippen molar-refractivity contribution in [1.82, 2.24) is 4.31 Å². The van der Waals surface area contributed by atoms with E-state index in [1.807, 2.05) is 0 Å². The van der Waals surface area contributed by atoms with Crippen LogP contribution in [0, 0.1) is 12.8 Å². The summed E-state index contributed by atoms with van der Waals surface area (Å²) in [5, 5.41) is 5.47. The predicted octanol–water partition coefficient (Wildman–Crippen LogP) is 2.54. The SMILES string of the molecule is CCOC(=O)c1ccc(NC(=O)[C@H]2CCCN(S(=O)(=O)c3cc4c(cc3C)NC(=O)CO4)C2)cc1. The molecule has 0 spiro atoms. The van der Waals surface area contributed by atoms with Gasteiger partial charge in [0.2, 0.25) is 15.9 Å². The number of nitrogens with zero attached hydrogens (tertiary/aromatic N) is 1. The Morgan fingerprint density at radius 3 is 2.69 bits per heavy atom. The molecule has 0 radical (unpaired) electrons. The van der Waals surface area contributed by atoms with Gasteiger partial charge in [0.1, 0.15) is 5.75 Å². The summed E-state index contributed by atoms with van der Waals surface area (Å²) in [4.78, 5) is 36.3. The zero-order valence-electron chi connectivity index (χ0n) is 19.5. The van der Waals surface area contributed by atoms with Crippen LogP contribution in [0.4, 0.5) is 11.4 Å². The lowest BCUT2D eigenvalue weighted by Crippen LogP contribution is -2.43. The number of nitrogens with one attached hydrogen (secondary N) is 2. The summed E-state index contributed by atoms with van der Waals surface area (Å²) in [5.74, 6) is -1.26. The summed E-state index contributed by atoms with van der Waals surface area (Å²) < 4.78 is 38.6. The fourth-order valence-electron chi connectivity index (χ4n) is 4.16. The highest BCUT2D eigenvalue weighted by Crippen LogP contribution is 2.35. The van der Waals surface area contributed by atoms with Gasteiger partial charge in [0.15, 0.2) is 6.61 Å². The van der Waals surface area contributed by atoms with Crippen molar-refractivity contribution in [2.75, 3.05) is 36.9 Å². The first-order valence-corrected chi connectivity index (χ1v) is 12.8. The summed E-state index contributed by atoms with van der Waals surface area (Å²) in [5.41, 5.74) is 1.79. The van der Waals surface area contributed by atoms with Crippen molar-refractivity contribution in [2.24, 2.45) is 5.92 Å². The van der Waals surface area contributed by atoms with E-state index in [0.29, 0.717) is 47.6 Å². The van der Waals surface area contributed by atoms with Crippen LogP contribution in [0.25, 0.3) is 0 Å². The van der Waals surface area contributed by atoms with Gasteiger partial charge in [-0.2, -0.15) is 4.31 Å². The van der Waals surface area contributed by atoms with E-state index in [1.165, 1.54) is 10.4 Å². The maximum Gasteiger partial charge on any atom is 0.338 e. The number of aryl methyl sites for hydroxylation is 1. The Labute approximate surface area is 203 Å². The summed E-state index contributed by atoms with van der Waals surface area (Å²) >= 11 is 0. The molecule has 1 saturated heterocycles. The summed E-state index contributed by atoms with van der Waals surface area (Å²) in [6.07, 6.45) is 1.09. The zero-order chi connectivity index (χ0) is 25.2. The van der Waals surface area contributed by atoms with Crippen molar-refractivity contribution in [3.63, 3.8) is 0 Å². The number of carbonyl (C=O) groups excluding carboxylic acids is 3. The molecule has 11 heteroatoms. The van der Waals surface area contributed by atoms with Crippen LogP contribution < -0.4 is 15.4 Å². The number of ether oxygens (including phenoxy) is 2. The molecule has 2 aliphatic rings. The standard InChI is InChI=1S/C24H27N3O7S/c1-3-33-24(30)16-6-8-18(9-7-16)25-23(29)17-5-4-10-27(13-17)35(31,32)21-12-20-19(11-15(21)2)26-22(28)14-34-20/h6-9,11-12,17H,3-5,10,13-14H2,1-2H3,(H,25,29)(H,26,28)/t17-/m0/s1. The van der Waals surface area contributed by atoms with Crippen molar-refractivity contribution in [1.29, 1.82) is 0 Å². The second-order valence-electron chi connectivity index (χ2n) is 8.44. The van der Waals surface area contributed by atoms with Crippen LogP contribution in [0.1, 0.15) is 35.7 Å². The molecule has 4 rings (SSSR count). The molecule has 35 heavy (non-hydrogen) atoms. The van der Waals surface area contributed by atoms with Gasteiger partial charge < -0.3 is 20.1 Å². The molecule has 2 N–H and O–H groups in total. The fourth-order valence-corrected chi connectivity index (χ4v) is 5.90. The van der Waals surface area contributed by atoms with Gasteiger partial charge in [-0.1, -0.05) is 0 Å². The summed E-state index contributed by atoms with van der Waals surface area (Å²) in [6, 6.07) is 9.35. The number of hydrogen-bond acceptors (Lipinski definition) is 7. The number of carbonyl (C=O) groups is 3. The van der Waals surface area contributed by atoms with Crippen LogP contribution in [0.15, 0.2) is 41.3 Å². The molecule has 10 nitrogen and oxygen atoms in total. The molecule has 0 aromatic heterocycles. The maximum absolute atomic E-state index is 13.4. The normalized spacial score (nSPS) is 18.1. The number of fused-ring (bicyclic) bond motifs is 1. The Balaban J connectivity index is 1.46. The van der Waals surface area contributed by atoms with Gasteiger partial charge in [-0.05, 0) is 62.6 Å². The number of piperidine rings is 1. The fraction of sp³-hybridized carbons (Fsp3) is 0.375. The molecule has 2 aromatic carbocycles.